The molecule has 3 N–H and O–H groups in total. The number of hydrogen-bond donors (Lipinski definition) is 2. The number of amides is 1. The van der Waals surface area contributed by atoms with E-state index >= 15 is 0 Å². The SMILES string of the molecule is Cc1[nH]ncc1C(=O)N1CCCC(C)C1CN.Cl. The van der Waals surface area contributed by atoms with Crippen molar-refractivity contribution in [3.8, 4) is 0 Å². The molecule has 1 aliphatic rings. The van der Waals surface area contributed by atoms with Gasteiger partial charge in [0.15, 0.2) is 0 Å². The number of nitrogens with one attached hydrogen (secondary N) is 1. The van der Waals surface area contributed by atoms with Crippen molar-refractivity contribution in [1.82, 2.24) is 15.1 Å². The third-order valence-electron chi connectivity index (χ3n) is 3.68. The van der Waals surface area contributed by atoms with Crippen LogP contribution in [0.3, 0.4) is 0 Å². The van der Waals surface area contributed by atoms with Crippen LogP contribution in [0.5, 0.6) is 0 Å². The molecule has 0 radical (unpaired) electrons. The Morgan fingerprint density at radius 1 is 1.67 bits per heavy atom. The average Bonchev–Trinajstić information content (AvgIpc) is 2.74. The highest BCUT2D eigenvalue weighted by Crippen LogP contribution is 2.24. The van der Waals surface area contributed by atoms with Gasteiger partial charge < -0.3 is 10.6 Å². The molecule has 102 valence electrons. The fourth-order valence-electron chi connectivity index (χ4n) is 2.58. The van der Waals surface area contributed by atoms with E-state index in [4.69, 9.17) is 5.73 Å². The molecule has 0 bridgehead atoms. The molecule has 1 aromatic rings. The van der Waals surface area contributed by atoms with Crippen molar-refractivity contribution in [2.24, 2.45) is 11.7 Å². The van der Waals surface area contributed by atoms with Gasteiger partial charge in [-0.05, 0) is 25.7 Å². The van der Waals surface area contributed by atoms with Crippen LogP contribution in [0.2, 0.25) is 0 Å². The van der Waals surface area contributed by atoms with Crippen LogP contribution in [0.25, 0.3) is 0 Å². The van der Waals surface area contributed by atoms with Crippen LogP contribution in [0, 0.1) is 12.8 Å². The molecule has 2 unspecified atom stereocenters. The van der Waals surface area contributed by atoms with E-state index in [-0.39, 0.29) is 24.4 Å². The number of hydrogen-bond acceptors (Lipinski definition) is 3. The normalized spacial score (nSPS) is 23.6. The number of nitrogens with two attached hydrogens (primary N) is 1. The topological polar surface area (TPSA) is 75.0 Å². The van der Waals surface area contributed by atoms with Gasteiger partial charge in [0, 0.05) is 24.8 Å². The fraction of sp³-hybridized carbons (Fsp3) is 0.667. The zero-order valence-corrected chi connectivity index (χ0v) is 11.7. The maximum absolute atomic E-state index is 12.4. The second-order valence-electron chi connectivity index (χ2n) is 4.83. The summed E-state index contributed by atoms with van der Waals surface area (Å²) in [5, 5.41) is 6.71. The fourth-order valence-corrected chi connectivity index (χ4v) is 2.58. The summed E-state index contributed by atoms with van der Waals surface area (Å²) in [7, 11) is 0. The van der Waals surface area contributed by atoms with Gasteiger partial charge in [0.1, 0.15) is 0 Å². The minimum Gasteiger partial charge on any atom is -0.334 e. The molecule has 0 aliphatic carbocycles. The number of carbonyl (C=O) groups is 1. The highest BCUT2D eigenvalue weighted by Gasteiger charge is 2.32. The van der Waals surface area contributed by atoms with Gasteiger partial charge in [-0.2, -0.15) is 5.10 Å². The molecule has 1 amide bonds. The number of nitrogens with zero attached hydrogens (tertiary/aromatic N) is 2. The first-order valence-electron chi connectivity index (χ1n) is 6.16. The molecule has 1 aromatic heterocycles. The van der Waals surface area contributed by atoms with Crippen LogP contribution in [0.4, 0.5) is 0 Å². The summed E-state index contributed by atoms with van der Waals surface area (Å²) in [4.78, 5) is 14.3. The number of likely N-dealkylation sites (tertiary alicyclic amines) is 1. The molecule has 2 heterocycles. The molecule has 1 aliphatic heterocycles. The highest BCUT2D eigenvalue weighted by molar-refractivity contribution is 5.95. The van der Waals surface area contributed by atoms with Crippen molar-refractivity contribution in [2.75, 3.05) is 13.1 Å². The maximum atomic E-state index is 12.4. The Morgan fingerprint density at radius 3 is 2.94 bits per heavy atom. The zero-order valence-electron chi connectivity index (χ0n) is 10.8. The molecule has 0 saturated carbocycles. The van der Waals surface area contributed by atoms with Crippen LogP contribution < -0.4 is 5.73 Å². The Morgan fingerprint density at radius 2 is 2.39 bits per heavy atom. The molecule has 6 heteroatoms. The highest BCUT2D eigenvalue weighted by atomic mass is 35.5. The van der Waals surface area contributed by atoms with Gasteiger partial charge >= 0.3 is 0 Å². The first-order chi connectivity index (χ1) is 8.15. The van der Waals surface area contributed by atoms with Crippen LogP contribution >= 0.6 is 12.4 Å². The molecule has 1 fully saturated rings. The van der Waals surface area contributed by atoms with Gasteiger partial charge in [0.25, 0.3) is 5.91 Å². The number of aromatic nitrogens is 2. The average molecular weight is 273 g/mol. The number of piperidine rings is 1. The Labute approximate surface area is 114 Å². The number of H-pyrrole nitrogens is 1. The Balaban J connectivity index is 0.00000162. The van der Waals surface area contributed by atoms with Crippen LogP contribution in [0.1, 0.15) is 35.8 Å². The van der Waals surface area contributed by atoms with E-state index in [2.05, 4.69) is 17.1 Å². The van der Waals surface area contributed by atoms with Gasteiger partial charge in [-0.15, -0.1) is 12.4 Å². The second kappa shape index (κ2) is 6.20. The van der Waals surface area contributed by atoms with Crippen molar-refractivity contribution in [3.05, 3.63) is 17.5 Å². The van der Waals surface area contributed by atoms with Gasteiger partial charge in [0.2, 0.25) is 0 Å². The molecule has 5 nitrogen and oxygen atoms in total. The number of aryl methyl sites for hydroxylation is 1. The van der Waals surface area contributed by atoms with E-state index in [1.54, 1.807) is 6.20 Å². The summed E-state index contributed by atoms with van der Waals surface area (Å²) in [6.07, 6.45) is 3.81. The number of carbonyl (C=O) groups excluding carboxylic acids is 1. The van der Waals surface area contributed by atoms with Crippen molar-refractivity contribution in [2.45, 2.75) is 32.7 Å². The molecule has 1 saturated heterocycles. The summed E-state index contributed by atoms with van der Waals surface area (Å²) < 4.78 is 0. The standard InChI is InChI=1S/C12H20N4O.ClH/c1-8-4-3-5-16(11(8)6-13)12(17)10-7-14-15-9(10)2;/h7-8,11H,3-6,13H2,1-2H3,(H,14,15);1H. The molecule has 0 aromatic carbocycles. The number of aromatic amines is 1. The van der Waals surface area contributed by atoms with E-state index in [1.165, 1.54) is 0 Å². The lowest BCUT2D eigenvalue weighted by molar-refractivity contribution is 0.0532. The maximum Gasteiger partial charge on any atom is 0.257 e. The molecular weight excluding hydrogens is 252 g/mol. The lowest BCUT2D eigenvalue weighted by Crippen LogP contribution is -2.51. The first kappa shape index (κ1) is 15.0. The van der Waals surface area contributed by atoms with Gasteiger partial charge in [-0.1, -0.05) is 6.92 Å². The Hall–Kier alpha value is -1.07. The van der Waals surface area contributed by atoms with Crippen molar-refractivity contribution < 1.29 is 4.79 Å². The monoisotopic (exact) mass is 272 g/mol. The Bertz CT molecular complexity index is 407. The molecular formula is C12H21ClN4O. The van der Waals surface area contributed by atoms with Gasteiger partial charge in [0.05, 0.1) is 11.8 Å². The van der Waals surface area contributed by atoms with E-state index in [0.717, 1.165) is 25.1 Å². The smallest absolute Gasteiger partial charge is 0.257 e. The minimum absolute atomic E-state index is 0. The predicted octanol–water partition coefficient (Wildman–Crippen LogP) is 1.34. The van der Waals surface area contributed by atoms with Crippen LogP contribution in [-0.2, 0) is 0 Å². The third kappa shape index (κ3) is 2.67. The van der Waals surface area contributed by atoms with Gasteiger partial charge in [-0.3, -0.25) is 9.89 Å². The molecule has 18 heavy (non-hydrogen) atoms. The summed E-state index contributed by atoms with van der Waals surface area (Å²) in [6, 6.07) is 0.158. The minimum atomic E-state index is 0. The lowest BCUT2D eigenvalue weighted by atomic mass is 9.90. The third-order valence-corrected chi connectivity index (χ3v) is 3.68. The van der Waals surface area contributed by atoms with Crippen molar-refractivity contribution in [3.63, 3.8) is 0 Å². The predicted molar refractivity (Wildman–Crippen MR) is 72.8 cm³/mol. The molecule has 2 atom stereocenters. The molecule has 2 rings (SSSR count). The van der Waals surface area contributed by atoms with Gasteiger partial charge in [-0.25, -0.2) is 0 Å². The second-order valence-corrected chi connectivity index (χ2v) is 4.83. The van der Waals surface area contributed by atoms with E-state index in [1.807, 2.05) is 11.8 Å². The molecule has 0 spiro atoms. The summed E-state index contributed by atoms with van der Waals surface area (Å²) >= 11 is 0. The summed E-state index contributed by atoms with van der Waals surface area (Å²) in [5.74, 6) is 0.531. The van der Waals surface area contributed by atoms with Crippen LogP contribution in [0.15, 0.2) is 6.20 Å². The number of halogens is 1. The lowest BCUT2D eigenvalue weighted by Gasteiger charge is -2.39. The summed E-state index contributed by atoms with van der Waals surface area (Å²) in [5.41, 5.74) is 7.28. The Kier molecular flexibility index (Phi) is 5.16. The van der Waals surface area contributed by atoms with Crippen LogP contribution in [-0.4, -0.2) is 40.1 Å². The first-order valence-corrected chi connectivity index (χ1v) is 6.16. The quantitative estimate of drug-likeness (QED) is 0.853. The zero-order chi connectivity index (χ0) is 12.4. The summed E-state index contributed by atoms with van der Waals surface area (Å²) in [6.45, 7) is 5.36. The van der Waals surface area contributed by atoms with Crippen molar-refractivity contribution >= 4 is 18.3 Å². The van der Waals surface area contributed by atoms with E-state index in [9.17, 15) is 4.79 Å². The van der Waals surface area contributed by atoms with Crippen molar-refractivity contribution in [1.29, 1.82) is 0 Å². The largest absolute Gasteiger partial charge is 0.334 e. The number of rotatable bonds is 2. The van der Waals surface area contributed by atoms with E-state index < -0.39 is 0 Å². The van der Waals surface area contributed by atoms with E-state index in [0.29, 0.717) is 18.0 Å².